The van der Waals surface area contributed by atoms with E-state index in [0.717, 1.165) is 12.1 Å². The van der Waals surface area contributed by atoms with Crippen molar-refractivity contribution in [3.05, 3.63) is 58.1 Å². The molecule has 2 aromatic rings. The summed E-state index contributed by atoms with van der Waals surface area (Å²) >= 11 is 5.72. The fourth-order valence-corrected chi connectivity index (χ4v) is 2.16. The number of halogens is 4. The number of hydrogen-bond acceptors (Lipinski definition) is 2. The molecule has 22 heavy (non-hydrogen) atoms. The molecule has 2 aromatic carbocycles. The molecular weight excluding hydrogens is 319 g/mol. The molecule has 0 heterocycles. The predicted octanol–water partition coefficient (Wildman–Crippen LogP) is 4.63. The largest absolute Gasteiger partial charge is 0.508 e. The van der Waals surface area contributed by atoms with E-state index in [0.29, 0.717) is 5.56 Å². The third-order valence-corrected chi connectivity index (χ3v) is 3.03. The third-order valence-electron chi connectivity index (χ3n) is 2.81. The highest BCUT2D eigenvalue weighted by molar-refractivity contribution is 6.31. The number of benzene rings is 2. The van der Waals surface area contributed by atoms with Crippen LogP contribution in [-0.2, 0) is 6.18 Å². The number of aromatic hydroxyl groups is 1. The number of rotatable bonds is 2. The molecule has 7 heteroatoms. The van der Waals surface area contributed by atoms with Crippen LogP contribution in [0.25, 0.3) is 0 Å². The summed E-state index contributed by atoms with van der Waals surface area (Å²) in [4.78, 5) is 12.0. The van der Waals surface area contributed by atoms with Crippen LogP contribution in [0.15, 0.2) is 36.4 Å². The van der Waals surface area contributed by atoms with Crippen LogP contribution in [0.3, 0.4) is 0 Å². The van der Waals surface area contributed by atoms with Gasteiger partial charge < -0.3 is 10.4 Å². The zero-order valence-electron chi connectivity index (χ0n) is 11.3. The Bertz CT molecular complexity index is 709. The van der Waals surface area contributed by atoms with Gasteiger partial charge in [0.05, 0.1) is 5.56 Å². The van der Waals surface area contributed by atoms with Crippen LogP contribution < -0.4 is 5.32 Å². The maximum Gasteiger partial charge on any atom is 0.416 e. The van der Waals surface area contributed by atoms with Gasteiger partial charge in [-0.05, 0) is 48.9 Å². The summed E-state index contributed by atoms with van der Waals surface area (Å²) in [5, 5.41) is 11.9. The highest BCUT2D eigenvalue weighted by atomic mass is 35.5. The molecule has 0 atom stereocenters. The lowest BCUT2D eigenvalue weighted by Gasteiger charge is -2.12. The molecule has 0 radical (unpaired) electrons. The summed E-state index contributed by atoms with van der Waals surface area (Å²) in [5.74, 6) is -0.880. The van der Waals surface area contributed by atoms with Gasteiger partial charge in [-0.15, -0.1) is 0 Å². The SMILES string of the molecule is Cc1cc(NC(=O)c2cc(O)cc(Cl)c2)cc(C(F)(F)F)c1. The summed E-state index contributed by atoms with van der Waals surface area (Å²) in [6.45, 7) is 1.50. The van der Waals surface area contributed by atoms with Crippen LogP contribution >= 0.6 is 11.6 Å². The number of aryl methyl sites for hydroxylation is 1. The monoisotopic (exact) mass is 329 g/mol. The quantitative estimate of drug-likeness (QED) is 0.844. The number of hydrogen-bond donors (Lipinski definition) is 2. The number of anilines is 1. The molecule has 0 aliphatic carbocycles. The van der Waals surface area contributed by atoms with Crippen molar-refractivity contribution in [3.63, 3.8) is 0 Å². The van der Waals surface area contributed by atoms with Gasteiger partial charge in [0.2, 0.25) is 0 Å². The second-order valence-electron chi connectivity index (χ2n) is 4.74. The van der Waals surface area contributed by atoms with Crippen molar-refractivity contribution in [1.82, 2.24) is 0 Å². The summed E-state index contributed by atoms with van der Waals surface area (Å²) in [6.07, 6.45) is -4.50. The molecule has 0 aromatic heterocycles. The van der Waals surface area contributed by atoms with Crippen molar-refractivity contribution in [2.24, 2.45) is 0 Å². The molecule has 0 spiro atoms. The molecule has 0 bridgehead atoms. The molecular formula is C15H11ClF3NO2. The minimum absolute atomic E-state index is 0.0109. The van der Waals surface area contributed by atoms with Gasteiger partial charge in [0.15, 0.2) is 0 Å². The number of phenols is 1. The average molecular weight is 330 g/mol. The van der Waals surface area contributed by atoms with E-state index < -0.39 is 17.6 Å². The van der Waals surface area contributed by atoms with Crippen LogP contribution in [0.1, 0.15) is 21.5 Å². The lowest BCUT2D eigenvalue weighted by molar-refractivity contribution is -0.137. The van der Waals surface area contributed by atoms with E-state index in [2.05, 4.69) is 5.32 Å². The summed E-state index contributed by atoms with van der Waals surface area (Å²) < 4.78 is 38.3. The van der Waals surface area contributed by atoms with E-state index in [1.165, 1.54) is 31.2 Å². The highest BCUT2D eigenvalue weighted by Crippen LogP contribution is 2.32. The summed E-state index contributed by atoms with van der Waals surface area (Å²) in [7, 11) is 0. The van der Waals surface area contributed by atoms with Gasteiger partial charge in [-0.1, -0.05) is 11.6 Å². The molecule has 0 aliphatic heterocycles. The Hall–Kier alpha value is -2.21. The first-order valence-electron chi connectivity index (χ1n) is 6.15. The number of phenolic OH excluding ortho intramolecular Hbond substituents is 1. The first-order valence-corrected chi connectivity index (χ1v) is 6.53. The molecule has 3 nitrogen and oxygen atoms in total. The van der Waals surface area contributed by atoms with Gasteiger partial charge in [0.25, 0.3) is 5.91 Å². The average Bonchev–Trinajstić information content (AvgIpc) is 2.35. The maximum atomic E-state index is 12.8. The third kappa shape index (κ3) is 3.92. The second kappa shape index (κ2) is 5.88. The topological polar surface area (TPSA) is 49.3 Å². The lowest BCUT2D eigenvalue weighted by atomic mass is 10.1. The van der Waals surface area contributed by atoms with E-state index in [4.69, 9.17) is 11.6 Å². The smallest absolute Gasteiger partial charge is 0.416 e. The van der Waals surface area contributed by atoms with Crippen LogP contribution in [0.5, 0.6) is 5.75 Å². The van der Waals surface area contributed by atoms with Crippen molar-refractivity contribution in [3.8, 4) is 5.75 Å². The Kier molecular flexibility index (Phi) is 4.32. The Morgan fingerprint density at radius 3 is 2.41 bits per heavy atom. The lowest BCUT2D eigenvalue weighted by Crippen LogP contribution is -2.13. The Labute approximate surface area is 129 Å². The molecule has 2 rings (SSSR count). The van der Waals surface area contributed by atoms with Crippen LogP contribution in [0.4, 0.5) is 18.9 Å². The van der Waals surface area contributed by atoms with E-state index in [9.17, 15) is 23.1 Å². The number of nitrogens with one attached hydrogen (secondary N) is 1. The van der Waals surface area contributed by atoms with Gasteiger partial charge >= 0.3 is 6.18 Å². The normalized spacial score (nSPS) is 11.3. The van der Waals surface area contributed by atoms with E-state index in [-0.39, 0.29) is 22.0 Å². The summed E-state index contributed by atoms with van der Waals surface area (Å²) in [5.41, 5.74) is -0.437. The highest BCUT2D eigenvalue weighted by Gasteiger charge is 2.31. The van der Waals surface area contributed by atoms with Crippen molar-refractivity contribution >= 4 is 23.2 Å². The fraction of sp³-hybridized carbons (Fsp3) is 0.133. The first kappa shape index (κ1) is 16.2. The van der Waals surface area contributed by atoms with E-state index >= 15 is 0 Å². The van der Waals surface area contributed by atoms with Gasteiger partial charge in [0.1, 0.15) is 5.75 Å². The zero-order chi connectivity index (χ0) is 16.5. The fourth-order valence-electron chi connectivity index (χ4n) is 1.93. The van der Waals surface area contributed by atoms with Crippen molar-refractivity contribution in [2.75, 3.05) is 5.32 Å². The molecule has 0 unspecified atom stereocenters. The van der Waals surface area contributed by atoms with Gasteiger partial charge in [0, 0.05) is 16.3 Å². The predicted molar refractivity (Wildman–Crippen MR) is 77.3 cm³/mol. The van der Waals surface area contributed by atoms with E-state index in [1.807, 2.05) is 0 Å². The van der Waals surface area contributed by atoms with Crippen LogP contribution in [0.2, 0.25) is 5.02 Å². The number of alkyl halides is 3. The van der Waals surface area contributed by atoms with Crippen molar-refractivity contribution < 1.29 is 23.1 Å². The maximum absolute atomic E-state index is 12.8. The second-order valence-corrected chi connectivity index (χ2v) is 5.17. The molecule has 0 fully saturated rings. The minimum atomic E-state index is -4.50. The zero-order valence-corrected chi connectivity index (χ0v) is 12.1. The van der Waals surface area contributed by atoms with Gasteiger partial charge in [-0.3, -0.25) is 4.79 Å². The van der Waals surface area contributed by atoms with E-state index in [1.54, 1.807) is 0 Å². The Morgan fingerprint density at radius 1 is 1.14 bits per heavy atom. The number of carbonyl (C=O) groups is 1. The Balaban J connectivity index is 2.30. The molecule has 0 aliphatic rings. The van der Waals surface area contributed by atoms with Crippen LogP contribution in [-0.4, -0.2) is 11.0 Å². The standard InChI is InChI=1S/C15H11ClF3NO2/c1-8-2-10(15(17,18)19)6-12(3-8)20-14(22)9-4-11(16)7-13(21)5-9/h2-7,21H,1H3,(H,20,22). The first-order chi connectivity index (χ1) is 10.1. The summed E-state index contributed by atoms with van der Waals surface area (Å²) in [6, 6.07) is 6.96. The molecule has 2 N–H and O–H groups in total. The Morgan fingerprint density at radius 2 is 1.82 bits per heavy atom. The molecule has 1 amide bonds. The number of amides is 1. The molecule has 116 valence electrons. The van der Waals surface area contributed by atoms with Gasteiger partial charge in [-0.25, -0.2) is 0 Å². The minimum Gasteiger partial charge on any atom is -0.508 e. The molecule has 0 saturated carbocycles. The number of carbonyl (C=O) groups excluding carboxylic acids is 1. The van der Waals surface area contributed by atoms with Gasteiger partial charge in [-0.2, -0.15) is 13.2 Å². The van der Waals surface area contributed by atoms with Crippen LogP contribution in [0, 0.1) is 6.92 Å². The van der Waals surface area contributed by atoms with Crippen molar-refractivity contribution in [2.45, 2.75) is 13.1 Å². The molecule has 0 saturated heterocycles. The van der Waals surface area contributed by atoms with Crippen molar-refractivity contribution in [1.29, 1.82) is 0 Å².